The predicted molar refractivity (Wildman–Crippen MR) is 110 cm³/mol. The molecule has 0 saturated heterocycles. The van der Waals surface area contributed by atoms with Crippen LogP contribution in [-0.4, -0.2) is 23.2 Å². The van der Waals surface area contributed by atoms with Gasteiger partial charge in [-0.15, -0.1) is 12.4 Å². The molecule has 0 aliphatic rings. The van der Waals surface area contributed by atoms with Crippen molar-refractivity contribution in [2.75, 3.05) is 7.05 Å². The largest absolute Gasteiger partial charge is 0.488 e. The summed E-state index contributed by atoms with van der Waals surface area (Å²) in [4.78, 5) is 4.47. The van der Waals surface area contributed by atoms with Crippen LogP contribution in [0.4, 0.5) is 0 Å². The predicted octanol–water partition coefficient (Wildman–Crippen LogP) is 5.19. The van der Waals surface area contributed by atoms with Gasteiger partial charge in [-0.2, -0.15) is 4.98 Å². The number of hydrogen-bond acceptors (Lipinski definition) is 5. The highest BCUT2D eigenvalue weighted by Crippen LogP contribution is 2.30. The normalized spacial score (nSPS) is 11.7. The molecular weight excluding hydrogens is 409 g/mol. The SMILES string of the molecule is CNC(C)Cc1noc(-c2ccccc2OCc2ccc(Cl)cc2Cl)n1.Cl. The minimum Gasteiger partial charge on any atom is -0.488 e. The van der Waals surface area contributed by atoms with Gasteiger partial charge in [0.2, 0.25) is 0 Å². The minimum atomic E-state index is 0. The molecule has 2 aromatic carbocycles. The molecule has 27 heavy (non-hydrogen) atoms. The minimum absolute atomic E-state index is 0. The van der Waals surface area contributed by atoms with E-state index < -0.39 is 0 Å². The van der Waals surface area contributed by atoms with Gasteiger partial charge in [0.25, 0.3) is 5.89 Å². The summed E-state index contributed by atoms with van der Waals surface area (Å²) in [6, 6.07) is 13.1. The average Bonchev–Trinajstić information content (AvgIpc) is 3.09. The van der Waals surface area contributed by atoms with Crippen molar-refractivity contribution in [3.63, 3.8) is 0 Å². The molecular formula is C19H20Cl3N3O2. The summed E-state index contributed by atoms with van der Waals surface area (Å²) < 4.78 is 11.4. The molecule has 1 heterocycles. The second-order valence-corrected chi connectivity index (χ2v) is 6.77. The standard InChI is InChI=1S/C19H19Cl2N3O2.ClH/c1-12(22-2)9-18-23-19(26-24-18)15-5-3-4-6-17(15)25-11-13-7-8-14(20)10-16(13)21;/h3-8,10,12,22H,9,11H2,1-2H3;1H. The van der Waals surface area contributed by atoms with E-state index in [1.807, 2.05) is 37.4 Å². The highest BCUT2D eigenvalue weighted by Gasteiger charge is 2.15. The maximum absolute atomic E-state index is 6.21. The van der Waals surface area contributed by atoms with Gasteiger partial charge in [-0.3, -0.25) is 0 Å². The van der Waals surface area contributed by atoms with Gasteiger partial charge in [0.05, 0.1) is 5.56 Å². The number of likely N-dealkylation sites (N-methyl/N-ethyl adjacent to an activating group) is 1. The number of ether oxygens (including phenoxy) is 1. The summed E-state index contributed by atoms with van der Waals surface area (Å²) in [5.41, 5.74) is 1.59. The van der Waals surface area contributed by atoms with E-state index in [0.717, 1.165) is 11.1 Å². The van der Waals surface area contributed by atoms with Crippen LogP contribution in [0.25, 0.3) is 11.5 Å². The van der Waals surface area contributed by atoms with Gasteiger partial charge in [-0.05, 0) is 38.2 Å². The molecule has 0 spiro atoms. The van der Waals surface area contributed by atoms with E-state index in [2.05, 4.69) is 22.4 Å². The third-order valence-corrected chi connectivity index (χ3v) is 4.55. The van der Waals surface area contributed by atoms with Gasteiger partial charge in [0.1, 0.15) is 12.4 Å². The summed E-state index contributed by atoms with van der Waals surface area (Å²) >= 11 is 12.1. The first kappa shape index (κ1) is 21.5. The summed E-state index contributed by atoms with van der Waals surface area (Å²) in [6.45, 7) is 2.37. The molecule has 1 N–H and O–H groups in total. The van der Waals surface area contributed by atoms with E-state index in [4.69, 9.17) is 32.5 Å². The van der Waals surface area contributed by atoms with Gasteiger partial charge in [-0.1, -0.05) is 46.6 Å². The van der Waals surface area contributed by atoms with E-state index in [0.29, 0.717) is 40.5 Å². The topological polar surface area (TPSA) is 60.2 Å². The van der Waals surface area contributed by atoms with Gasteiger partial charge in [0, 0.05) is 28.1 Å². The molecule has 0 radical (unpaired) electrons. The molecule has 1 unspecified atom stereocenters. The fourth-order valence-electron chi connectivity index (χ4n) is 2.39. The van der Waals surface area contributed by atoms with Crippen molar-refractivity contribution in [1.82, 2.24) is 15.5 Å². The zero-order valence-corrected chi connectivity index (χ0v) is 17.2. The van der Waals surface area contributed by atoms with Crippen molar-refractivity contribution in [3.05, 3.63) is 63.9 Å². The Balaban J connectivity index is 0.00000261. The lowest BCUT2D eigenvalue weighted by molar-refractivity contribution is 0.306. The van der Waals surface area contributed by atoms with Crippen molar-refractivity contribution in [2.45, 2.75) is 26.0 Å². The number of rotatable bonds is 7. The highest BCUT2D eigenvalue weighted by atomic mass is 35.5. The van der Waals surface area contributed by atoms with Gasteiger partial charge in [-0.25, -0.2) is 0 Å². The molecule has 1 aromatic heterocycles. The first-order valence-electron chi connectivity index (χ1n) is 8.23. The Kier molecular flexibility index (Phi) is 7.92. The molecule has 0 aliphatic heterocycles. The maximum Gasteiger partial charge on any atom is 0.261 e. The van der Waals surface area contributed by atoms with Crippen molar-refractivity contribution >= 4 is 35.6 Å². The highest BCUT2D eigenvalue weighted by molar-refractivity contribution is 6.35. The number of para-hydroxylation sites is 1. The number of benzene rings is 2. The Bertz CT molecular complexity index is 886. The quantitative estimate of drug-likeness (QED) is 0.561. The summed E-state index contributed by atoms with van der Waals surface area (Å²) in [7, 11) is 1.90. The Morgan fingerprint density at radius 1 is 1.19 bits per heavy atom. The maximum atomic E-state index is 6.21. The summed E-state index contributed by atoms with van der Waals surface area (Å²) in [5.74, 6) is 1.73. The van der Waals surface area contributed by atoms with Crippen LogP contribution in [0, 0.1) is 0 Å². The smallest absolute Gasteiger partial charge is 0.261 e. The fraction of sp³-hybridized carbons (Fsp3) is 0.263. The second-order valence-electron chi connectivity index (χ2n) is 5.93. The van der Waals surface area contributed by atoms with Crippen LogP contribution < -0.4 is 10.1 Å². The van der Waals surface area contributed by atoms with Gasteiger partial charge < -0.3 is 14.6 Å². The molecule has 1 atom stereocenters. The van der Waals surface area contributed by atoms with Crippen LogP contribution in [0.1, 0.15) is 18.3 Å². The number of nitrogens with zero attached hydrogens (tertiary/aromatic N) is 2. The molecule has 0 amide bonds. The fourth-order valence-corrected chi connectivity index (χ4v) is 2.85. The molecule has 3 aromatic rings. The lowest BCUT2D eigenvalue weighted by atomic mass is 10.2. The molecule has 3 rings (SSSR count). The van der Waals surface area contributed by atoms with E-state index >= 15 is 0 Å². The monoisotopic (exact) mass is 427 g/mol. The van der Waals surface area contributed by atoms with Crippen LogP contribution in [0.2, 0.25) is 10.0 Å². The Morgan fingerprint density at radius 2 is 1.96 bits per heavy atom. The molecule has 0 fully saturated rings. The first-order valence-corrected chi connectivity index (χ1v) is 8.98. The van der Waals surface area contributed by atoms with Gasteiger partial charge in [0.15, 0.2) is 5.82 Å². The zero-order valence-electron chi connectivity index (χ0n) is 14.9. The van der Waals surface area contributed by atoms with Crippen LogP contribution >= 0.6 is 35.6 Å². The van der Waals surface area contributed by atoms with Crippen LogP contribution in [0.15, 0.2) is 47.0 Å². The van der Waals surface area contributed by atoms with Crippen LogP contribution in [0.3, 0.4) is 0 Å². The van der Waals surface area contributed by atoms with E-state index in [9.17, 15) is 0 Å². The third kappa shape index (κ3) is 5.59. The summed E-state index contributed by atoms with van der Waals surface area (Å²) in [5, 5.41) is 8.36. The molecule has 5 nitrogen and oxygen atoms in total. The van der Waals surface area contributed by atoms with Crippen molar-refractivity contribution in [1.29, 1.82) is 0 Å². The molecule has 0 saturated carbocycles. The third-order valence-electron chi connectivity index (χ3n) is 3.97. The average molecular weight is 429 g/mol. The van der Waals surface area contributed by atoms with Crippen LogP contribution in [-0.2, 0) is 13.0 Å². The lowest BCUT2D eigenvalue weighted by Crippen LogP contribution is -2.24. The Labute approximate surface area is 174 Å². The number of halogens is 3. The molecule has 0 bridgehead atoms. The molecule has 0 aliphatic carbocycles. The summed E-state index contributed by atoms with van der Waals surface area (Å²) in [6.07, 6.45) is 0.684. The Morgan fingerprint density at radius 3 is 2.70 bits per heavy atom. The van der Waals surface area contributed by atoms with Crippen molar-refractivity contribution in [3.8, 4) is 17.2 Å². The molecule has 144 valence electrons. The number of nitrogens with one attached hydrogen (secondary N) is 1. The first-order chi connectivity index (χ1) is 12.6. The van der Waals surface area contributed by atoms with Crippen molar-refractivity contribution in [2.24, 2.45) is 0 Å². The molecule has 8 heteroatoms. The zero-order chi connectivity index (χ0) is 18.5. The van der Waals surface area contributed by atoms with E-state index in [1.54, 1.807) is 12.1 Å². The lowest BCUT2D eigenvalue weighted by Gasteiger charge is -2.10. The Hall–Kier alpha value is -1.79. The van der Waals surface area contributed by atoms with Gasteiger partial charge >= 0.3 is 0 Å². The van der Waals surface area contributed by atoms with Crippen LogP contribution in [0.5, 0.6) is 5.75 Å². The van der Waals surface area contributed by atoms with E-state index in [1.165, 1.54) is 0 Å². The van der Waals surface area contributed by atoms with Crippen molar-refractivity contribution < 1.29 is 9.26 Å². The number of hydrogen-bond donors (Lipinski definition) is 1. The second kappa shape index (κ2) is 9.95. The number of aromatic nitrogens is 2. The van der Waals surface area contributed by atoms with E-state index in [-0.39, 0.29) is 18.4 Å².